The number of nitrogens with zero attached hydrogens (tertiary/aromatic N) is 2. The Morgan fingerprint density at radius 1 is 1.17 bits per heavy atom. The van der Waals surface area contributed by atoms with Gasteiger partial charge in [0.2, 0.25) is 5.91 Å². The van der Waals surface area contributed by atoms with E-state index in [1.54, 1.807) is 11.3 Å². The first-order valence-electron chi connectivity index (χ1n) is 8.26. The number of likely N-dealkylation sites (tertiary alicyclic amines) is 2. The van der Waals surface area contributed by atoms with E-state index >= 15 is 0 Å². The molecule has 0 N–H and O–H groups in total. The number of hydrogen-bond acceptors (Lipinski definition) is 3. The number of carbonyl (C=O) groups is 1. The molecule has 0 bridgehead atoms. The van der Waals surface area contributed by atoms with Gasteiger partial charge in [0.15, 0.2) is 0 Å². The standard InChI is InChI=1S/C19H22N2OS/c1-20-17(16-5-3-2-4-6-16)19(18(20)22)8-10-21(11-9-19)13-15-7-12-23-14-15/h2-7,12,14,17H,8-11,13H2,1H3/t17-/m0/s1. The maximum Gasteiger partial charge on any atom is 0.231 e. The molecule has 2 saturated heterocycles. The van der Waals surface area contributed by atoms with Gasteiger partial charge in [0.25, 0.3) is 0 Å². The minimum Gasteiger partial charge on any atom is -0.337 e. The Labute approximate surface area is 141 Å². The lowest BCUT2D eigenvalue weighted by Gasteiger charge is -2.58. The zero-order valence-electron chi connectivity index (χ0n) is 13.4. The van der Waals surface area contributed by atoms with Crippen LogP contribution in [-0.4, -0.2) is 35.8 Å². The molecule has 1 spiro atoms. The number of benzene rings is 1. The summed E-state index contributed by atoms with van der Waals surface area (Å²) < 4.78 is 0. The lowest BCUT2D eigenvalue weighted by atomic mass is 9.62. The number of piperidine rings is 1. The van der Waals surface area contributed by atoms with Crippen LogP contribution in [0, 0.1) is 5.41 Å². The van der Waals surface area contributed by atoms with Gasteiger partial charge in [-0.05, 0) is 53.9 Å². The van der Waals surface area contributed by atoms with Crippen molar-refractivity contribution in [3.63, 3.8) is 0 Å². The molecule has 3 nitrogen and oxygen atoms in total. The number of amides is 1. The Morgan fingerprint density at radius 3 is 2.57 bits per heavy atom. The first kappa shape index (κ1) is 14.9. The summed E-state index contributed by atoms with van der Waals surface area (Å²) in [6, 6.07) is 13.0. The SMILES string of the molecule is CN1C(=O)C2(CCN(Cc3ccsc3)CC2)[C@@H]1c1ccccc1. The number of carbonyl (C=O) groups excluding carboxylic acids is 1. The van der Waals surface area contributed by atoms with E-state index in [0.29, 0.717) is 5.91 Å². The second-order valence-electron chi connectivity index (χ2n) is 6.79. The molecule has 0 saturated carbocycles. The summed E-state index contributed by atoms with van der Waals surface area (Å²) in [6.45, 7) is 3.04. The fraction of sp³-hybridized carbons (Fsp3) is 0.421. The van der Waals surface area contributed by atoms with Crippen molar-refractivity contribution in [1.82, 2.24) is 9.80 Å². The molecule has 120 valence electrons. The second kappa shape index (κ2) is 5.77. The van der Waals surface area contributed by atoms with Crippen LogP contribution in [0.1, 0.15) is 30.0 Å². The van der Waals surface area contributed by atoms with Crippen LogP contribution in [-0.2, 0) is 11.3 Å². The van der Waals surface area contributed by atoms with Crippen LogP contribution in [0.25, 0.3) is 0 Å². The van der Waals surface area contributed by atoms with Gasteiger partial charge in [-0.1, -0.05) is 30.3 Å². The van der Waals surface area contributed by atoms with E-state index in [9.17, 15) is 4.79 Å². The molecule has 3 heterocycles. The number of rotatable bonds is 3. The Bertz CT molecular complexity index is 675. The molecule has 4 heteroatoms. The quantitative estimate of drug-likeness (QED) is 0.806. The van der Waals surface area contributed by atoms with Crippen molar-refractivity contribution >= 4 is 17.2 Å². The smallest absolute Gasteiger partial charge is 0.231 e. The van der Waals surface area contributed by atoms with Gasteiger partial charge in [-0.3, -0.25) is 9.69 Å². The highest BCUT2D eigenvalue weighted by Crippen LogP contribution is 2.55. The van der Waals surface area contributed by atoms with E-state index in [0.717, 1.165) is 32.5 Å². The van der Waals surface area contributed by atoms with Gasteiger partial charge < -0.3 is 4.90 Å². The van der Waals surface area contributed by atoms with Crippen LogP contribution in [0.4, 0.5) is 0 Å². The van der Waals surface area contributed by atoms with Crippen molar-refractivity contribution in [2.45, 2.75) is 25.4 Å². The summed E-state index contributed by atoms with van der Waals surface area (Å²) in [5.74, 6) is 0.335. The van der Waals surface area contributed by atoms with Crippen LogP contribution < -0.4 is 0 Å². The number of β-lactam (4-membered cyclic amide) rings is 1. The molecule has 2 aliphatic heterocycles. The summed E-state index contributed by atoms with van der Waals surface area (Å²) in [5.41, 5.74) is 2.50. The fourth-order valence-electron chi connectivity index (χ4n) is 4.31. The summed E-state index contributed by atoms with van der Waals surface area (Å²) >= 11 is 1.75. The summed E-state index contributed by atoms with van der Waals surface area (Å²) in [7, 11) is 1.95. The molecule has 1 atom stereocenters. The van der Waals surface area contributed by atoms with E-state index in [4.69, 9.17) is 0 Å². The average molecular weight is 326 g/mol. The number of hydrogen-bond donors (Lipinski definition) is 0. The molecular weight excluding hydrogens is 304 g/mol. The maximum atomic E-state index is 12.7. The topological polar surface area (TPSA) is 23.6 Å². The van der Waals surface area contributed by atoms with Gasteiger partial charge in [-0.15, -0.1) is 0 Å². The van der Waals surface area contributed by atoms with E-state index in [1.165, 1.54) is 11.1 Å². The molecule has 1 amide bonds. The highest BCUT2D eigenvalue weighted by molar-refractivity contribution is 7.07. The summed E-state index contributed by atoms with van der Waals surface area (Å²) in [6.07, 6.45) is 1.94. The predicted molar refractivity (Wildman–Crippen MR) is 93.2 cm³/mol. The zero-order chi connectivity index (χ0) is 15.9. The fourth-order valence-corrected chi connectivity index (χ4v) is 4.97. The molecule has 23 heavy (non-hydrogen) atoms. The van der Waals surface area contributed by atoms with Crippen molar-refractivity contribution in [1.29, 1.82) is 0 Å². The van der Waals surface area contributed by atoms with Crippen molar-refractivity contribution in [3.8, 4) is 0 Å². The van der Waals surface area contributed by atoms with E-state index in [-0.39, 0.29) is 11.5 Å². The summed E-state index contributed by atoms with van der Waals surface area (Å²) in [5, 5.41) is 4.36. The van der Waals surface area contributed by atoms with Crippen LogP contribution in [0.15, 0.2) is 47.2 Å². The van der Waals surface area contributed by atoms with Crippen LogP contribution in [0.5, 0.6) is 0 Å². The molecule has 1 aromatic heterocycles. The molecule has 2 aliphatic rings. The minimum atomic E-state index is -0.165. The van der Waals surface area contributed by atoms with Gasteiger partial charge in [0.1, 0.15) is 0 Å². The molecule has 1 aromatic carbocycles. The molecule has 0 aliphatic carbocycles. The normalized spacial score (nSPS) is 24.0. The molecule has 2 aromatic rings. The predicted octanol–water partition coefficient (Wildman–Crippen LogP) is 3.54. The third-order valence-corrected chi connectivity index (χ3v) is 6.24. The second-order valence-corrected chi connectivity index (χ2v) is 7.57. The van der Waals surface area contributed by atoms with Crippen molar-refractivity contribution < 1.29 is 4.79 Å². The number of thiophene rings is 1. The van der Waals surface area contributed by atoms with Gasteiger partial charge >= 0.3 is 0 Å². The Kier molecular flexibility index (Phi) is 3.74. The largest absolute Gasteiger partial charge is 0.337 e. The van der Waals surface area contributed by atoms with Gasteiger partial charge in [-0.25, -0.2) is 0 Å². The Hall–Kier alpha value is -1.65. The molecular formula is C19H22N2OS. The lowest BCUT2D eigenvalue weighted by Crippen LogP contribution is -2.64. The molecule has 0 unspecified atom stereocenters. The minimum absolute atomic E-state index is 0.165. The third-order valence-electron chi connectivity index (χ3n) is 5.51. The average Bonchev–Trinajstić information content (AvgIpc) is 3.10. The highest BCUT2D eigenvalue weighted by Gasteiger charge is 2.59. The maximum absolute atomic E-state index is 12.7. The first-order chi connectivity index (χ1) is 11.2. The highest BCUT2D eigenvalue weighted by atomic mass is 32.1. The zero-order valence-corrected chi connectivity index (χ0v) is 14.3. The van der Waals surface area contributed by atoms with Gasteiger partial charge in [0, 0.05) is 13.6 Å². The van der Waals surface area contributed by atoms with Crippen LogP contribution in [0.2, 0.25) is 0 Å². The van der Waals surface area contributed by atoms with Gasteiger partial charge in [0.05, 0.1) is 11.5 Å². The molecule has 4 rings (SSSR count). The van der Waals surface area contributed by atoms with E-state index in [2.05, 4.69) is 46.0 Å². The lowest BCUT2D eigenvalue weighted by molar-refractivity contribution is -0.176. The molecule has 2 fully saturated rings. The van der Waals surface area contributed by atoms with E-state index in [1.807, 2.05) is 18.0 Å². The van der Waals surface area contributed by atoms with Crippen molar-refractivity contribution in [2.24, 2.45) is 5.41 Å². The Balaban J connectivity index is 1.49. The Morgan fingerprint density at radius 2 is 1.91 bits per heavy atom. The summed E-state index contributed by atoms with van der Waals surface area (Å²) in [4.78, 5) is 17.1. The van der Waals surface area contributed by atoms with E-state index < -0.39 is 0 Å². The van der Waals surface area contributed by atoms with Gasteiger partial charge in [-0.2, -0.15) is 11.3 Å². The monoisotopic (exact) mass is 326 g/mol. The van der Waals surface area contributed by atoms with Crippen molar-refractivity contribution in [2.75, 3.05) is 20.1 Å². The van der Waals surface area contributed by atoms with Crippen LogP contribution >= 0.6 is 11.3 Å². The first-order valence-corrected chi connectivity index (χ1v) is 9.21. The molecule has 0 radical (unpaired) electrons. The van der Waals surface area contributed by atoms with Crippen molar-refractivity contribution in [3.05, 3.63) is 58.3 Å². The third kappa shape index (κ3) is 2.41. The van der Waals surface area contributed by atoms with Crippen LogP contribution in [0.3, 0.4) is 0 Å².